The van der Waals surface area contributed by atoms with E-state index in [2.05, 4.69) is 85.9 Å². The molecule has 0 heterocycles. The Morgan fingerprint density at radius 1 is 0.889 bits per heavy atom. The van der Waals surface area contributed by atoms with Gasteiger partial charge in [-0.1, -0.05) is 84.9 Å². The molecule has 0 N–H and O–H groups in total. The summed E-state index contributed by atoms with van der Waals surface area (Å²) in [6, 6.07) is 8.42. The molecular weight excluding hydrogens is 328 g/mol. The summed E-state index contributed by atoms with van der Waals surface area (Å²) >= 11 is 0. The van der Waals surface area contributed by atoms with Crippen LogP contribution in [0.4, 0.5) is 0 Å². The van der Waals surface area contributed by atoms with Gasteiger partial charge in [-0.25, -0.2) is 0 Å². The molecule has 0 atom stereocenters. The van der Waals surface area contributed by atoms with Crippen LogP contribution < -0.4 is 4.74 Å². The summed E-state index contributed by atoms with van der Waals surface area (Å²) in [5, 5.41) is 0. The summed E-state index contributed by atoms with van der Waals surface area (Å²) in [5.74, 6) is 0.949. The van der Waals surface area contributed by atoms with E-state index in [1.165, 1.54) is 28.7 Å². The first kappa shape index (κ1) is 19.2. The second kappa shape index (κ2) is 10.6. The van der Waals surface area contributed by atoms with Gasteiger partial charge in [0.2, 0.25) is 0 Å². The molecule has 0 aliphatic heterocycles. The van der Waals surface area contributed by atoms with E-state index in [-0.39, 0.29) is 0 Å². The van der Waals surface area contributed by atoms with Gasteiger partial charge in [0, 0.05) is 0 Å². The van der Waals surface area contributed by atoms with E-state index in [0.29, 0.717) is 6.61 Å². The first-order valence-corrected chi connectivity index (χ1v) is 10.1. The maximum atomic E-state index is 5.96. The highest BCUT2D eigenvalue weighted by Crippen LogP contribution is 2.21. The number of aryl methyl sites for hydroxylation is 1. The van der Waals surface area contributed by atoms with E-state index < -0.39 is 0 Å². The van der Waals surface area contributed by atoms with Gasteiger partial charge in [-0.05, 0) is 61.8 Å². The van der Waals surface area contributed by atoms with Crippen LogP contribution in [0.3, 0.4) is 0 Å². The minimum Gasteiger partial charge on any atom is -0.489 e. The van der Waals surface area contributed by atoms with Crippen LogP contribution in [0.5, 0.6) is 5.75 Å². The Labute approximate surface area is 164 Å². The van der Waals surface area contributed by atoms with E-state index in [1.54, 1.807) is 0 Å². The summed E-state index contributed by atoms with van der Waals surface area (Å²) < 4.78 is 5.96. The Morgan fingerprint density at radius 2 is 1.67 bits per heavy atom. The van der Waals surface area contributed by atoms with Crippen LogP contribution in [0.15, 0.2) is 95.7 Å². The molecule has 0 spiro atoms. The van der Waals surface area contributed by atoms with Gasteiger partial charge in [0.25, 0.3) is 0 Å². The molecule has 0 fully saturated rings. The molecule has 3 rings (SSSR count). The van der Waals surface area contributed by atoms with Crippen LogP contribution in [0.2, 0.25) is 0 Å². The summed E-state index contributed by atoms with van der Waals surface area (Å²) in [6.45, 7) is 2.83. The smallest absolute Gasteiger partial charge is 0.119 e. The Morgan fingerprint density at radius 3 is 2.48 bits per heavy atom. The Hall–Kier alpha value is -2.54. The molecular formula is C26H30O. The Bertz CT molecular complexity index is 782. The van der Waals surface area contributed by atoms with Crippen molar-refractivity contribution in [2.24, 2.45) is 0 Å². The average molecular weight is 359 g/mol. The van der Waals surface area contributed by atoms with Crippen LogP contribution in [-0.2, 0) is 6.42 Å². The third-order valence-corrected chi connectivity index (χ3v) is 5.03. The Balaban J connectivity index is 1.42. The number of hydrogen-bond acceptors (Lipinski definition) is 1. The lowest BCUT2D eigenvalue weighted by atomic mass is 10.0. The topological polar surface area (TPSA) is 9.23 Å². The van der Waals surface area contributed by atoms with E-state index in [1.807, 2.05) is 0 Å². The molecule has 1 aromatic carbocycles. The normalized spacial score (nSPS) is 16.3. The van der Waals surface area contributed by atoms with Crippen LogP contribution in [-0.4, -0.2) is 6.61 Å². The van der Waals surface area contributed by atoms with Gasteiger partial charge >= 0.3 is 0 Å². The van der Waals surface area contributed by atoms with Crippen molar-refractivity contribution in [3.63, 3.8) is 0 Å². The minimum atomic E-state index is 0.657. The highest BCUT2D eigenvalue weighted by Gasteiger charge is 2.03. The fourth-order valence-electron chi connectivity index (χ4n) is 3.30. The summed E-state index contributed by atoms with van der Waals surface area (Å²) in [4.78, 5) is 0. The summed E-state index contributed by atoms with van der Waals surface area (Å²) in [7, 11) is 0. The van der Waals surface area contributed by atoms with Crippen LogP contribution >= 0.6 is 0 Å². The highest BCUT2D eigenvalue weighted by molar-refractivity contribution is 5.32. The van der Waals surface area contributed by atoms with Crippen LogP contribution in [0.25, 0.3) is 0 Å². The highest BCUT2D eigenvalue weighted by atomic mass is 16.5. The average Bonchev–Trinajstić information content (AvgIpc) is 3.10. The van der Waals surface area contributed by atoms with E-state index in [0.717, 1.165) is 37.9 Å². The van der Waals surface area contributed by atoms with Crippen molar-refractivity contribution in [2.75, 3.05) is 6.61 Å². The van der Waals surface area contributed by atoms with Gasteiger partial charge in [-0.15, -0.1) is 0 Å². The third-order valence-electron chi connectivity index (χ3n) is 5.03. The molecule has 0 saturated carbocycles. The van der Waals surface area contributed by atoms with Gasteiger partial charge in [-0.3, -0.25) is 0 Å². The maximum absolute atomic E-state index is 5.96. The molecule has 0 unspecified atom stereocenters. The van der Waals surface area contributed by atoms with Crippen molar-refractivity contribution in [3.8, 4) is 5.75 Å². The van der Waals surface area contributed by atoms with Crippen molar-refractivity contribution in [2.45, 2.75) is 45.4 Å². The second-order valence-electron chi connectivity index (χ2n) is 7.11. The molecule has 2 aliphatic rings. The fourth-order valence-corrected chi connectivity index (χ4v) is 3.30. The van der Waals surface area contributed by atoms with Gasteiger partial charge in [-0.2, -0.15) is 0 Å². The van der Waals surface area contributed by atoms with E-state index in [4.69, 9.17) is 4.74 Å². The molecule has 0 amide bonds. The number of benzene rings is 1. The van der Waals surface area contributed by atoms with Gasteiger partial charge in [0.1, 0.15) is 12.4 Å². The van der Waals surface area contributed by atoms with Gasteiger partial charge in [0.15, 0.2) is 0 Å². The predicted octanol–water partition coefficient (Wildman–Crippen LogP) is 7.05. The first-order chi connectivity index (χ1) is 13.3. The molecule has 0 saturated heterocycles. The fraction of sp³-hybridized carbons (Fsp3) is 0.308. The largest absolute Gasteiger partial charge is 0.489 e. The molecule has 1 nitrogen and oxygen atoms in total. The third kappa shape index (κ3) is 6.60. The van der Waals surface area contributed by atoms with Gasteiger partial charge in [0.05, 0.1) is 0 Å². The standard InChI is InChI=1S/C26H30O/c1-2-22-17-19-26(20-18-22)27-21-25-14-8-13-24(15-16-25)12-7-11-23-9-5-3-4-6-10-23/h3-5,8-10,13-15,17-20H,2,6-7,11-12,16,21H2,1H3. The minimum absolute atomic E-state index is 0.657. The zero-order chi connectivity index (χ0) is 18.7. The maximum Gasteiger partial charge on any atom is 0.119 e. The lowest BCUT2D eigenvalue weighted by Gasteiger charge is -2.09. The first-order valence-electron chi connectivity index (χ1n) is 10.1. The van der Waals surface area contributed by atoms with E-state index in [9.17, 15) is 0 Å². The molecule has 1 aromatic rings. The van der Waals surface area contributed by atoms with Crippen molar-refractivity contribution >= 4 is 0 Å². The monoisotopic (exact) mass is 358 g/mol. The number of hydrogen-bond donors (Lipinski definition) is 0. The molecule has 140 valence electrons. The van der Waals surface area contributed by atoms with Crippen LogP contribution in [0, 0.1) is 0 Å². The number of ether oxygens (including phenoxy) is 1. The van der Waals surface area contributed by atoms with Crippen molar-refractivity contribution in [1.29, 1.82) is 0 Å². The predicted molar refractivity (Wildman–Crippen MR) is 116 cm³/mol. The molecule has 0 aromatic heterocycles. The zero-order valence-electron chi connectivity index (χ0n) is 16.4. The summed E-state index contributed by atoms with van der Waals surface area (Å²) in [6.07, 6.45) is 26.6. The zero-order valence-corrected chi connectivity index (χ0v) is 16.4. The second-order valence-corrected chi connectivity index (χ2v) is 7.11. The quantitative estimate of drug-likeness (QED) is 0.483. The molecule has 0 radical (unpaired) electrons. The van der Waals surface area contributed by atoms with Gasteiger partial charge < -0.3 is 4.74 Å². The molecule has 0 bridgehead atoms. The summed E-state index contributed by atoms with van der Waals surface area (Å²) in [5.41, 5.74) is 5.56. The van der Waals surface area contributed by atoms with Crippen LogP contribution in [0.1, 0.15) is 44.6 Å². The van der Waals surface area contributed by atoms with E-state index >= 15 is 0 Å². The lowest BCUT2D eigenvalue weighted by molar-refractivity contribution is 0.349. The Kier molecular flexibility index (Phi) is 7.53. The van der Waals surface area contributed by atoms with Crippen molar-refractivity contribution in [1.82, 2.24) is 0 Å². The molecule has 1 heteroatoms. The number of rotatable bonds is 8. The molecule has 2 aliphatic carbocycles. The molecule has 27 heavy (non-hydrogen) atoms. The lowest BCUT2D eigenvalue weighted by Crippen LogP contribution is -2.00. The number of allylic oxidation sites excluding steroid dienone is 11. The van der Waals surface area contributed by atoms with Crippen molar-refractivity contribution < 1.29 is 4.74 Å². The SMILES string of the molecule is CCc1ccc(OCC2=CC=CC(CCCC3=CCC=CC=C3)=CC2)cc1. The van der Waals surface area contributed by atoms with Crippen molar-refractivity contribution in [3.05, 3.63) is 101 Å².